The predicted octanol–water partition coefficient (Wildman–Crippen LogP) is 1.21. The molecule has 1 saturated heterocycles. The Bertz CT molecular complexity index is 880. The summed E-state index contributed by atoms with van der Waals surface area (Å²) in [4.78, 5) is 30.8. The lowest BCUT2D eigenvalue weighted by atomic mass is 9.74. The van der Waals surface area contributed by atoms with Crippen LogP contribution in [0.1, 0.15) is 23.6 Å². The van der Waals surface area contributed by atoms with E-state index < -0.39 is 11.4 Å². The van der Waals surface area contributed by atoms with E-state index in [-0.39, 0.29) is 24.8 Å². The van der Waals surface area contributed by atoms with Crippen molar-refractivity contribution in [3.8, 4) is 5.75 Å². The predicted molar refractivity (Wildman–Crippen MR) is 95.2 cm³/mol. The van der Waals surface area contributed by atoms with Crippen molar-refractivity contribution < 1.29 is 19.4 Å². The Morgan fingerprint density at radius 2 is 2.22 bits per heavy atom. The van der Waals surface area contributed by atoms with Crippen LogP contribution in [0.3, 0.4) is 0 Å². The number of likely N-dealkylation sites (tertiary alicyclic amines) is 1. The number of fused-ring (bicyclic) bond motifs is 2. The van der Waals surface area contributed by atoms with Gasteiger partial charge in [-0.3, -0.25) is 14.7 Å². The summed E-state index contributed by atoms with van der Waals surface area (Å²) in [5, 5.41) is 16.8. The first kappa shape index (κ1) is 17.5. The van der Waals surface area contributed by atoms with Gasteiger partial charge in [0.15, 0.2) is 5.82 Å². The number of carboxylic acid groups (broad SMARTS) is 1. The number of carbonyl (C=O) groups is 2. The van der Waals surface area contributed by atoms with Gasteiger partial charge in [-0.2, -0.15) is 5.10 Å². The summed E-state index contributed by atoms with van der Waals surface area (Å²) in [6.45, 7) is 2.71. The van der Waals surface area contributed by atoms with E-state index in [1.54, 1.807) is 11.8 Å². The molecule has 1 amide bonds. The van der Waals surface area contributed by atoms with Crippen molar-refractivity contribution in [3.63, 3.8) is 0 Å². The highest BCUT2D eigenvalue weighted by Crippen LogP contribution is 2.44. The summed E-state index contributed by atoms with van der Waals surface area (Å²) >= 11 is 0. The zero-order valence-electron chi connectivity index (χ0n) is 15.1. The number of aromatic nitrogens is 3. The molecule has 1 aromatic heterocycles. The van der Waals surface area contributed by atoms with E-state index in [4.69, 9.17) is 4.74 Å². The van der Waals surface area contributed by atoms with E-state index in [0.717, 1.165) is 11.3 Å². The molecular formula is C19H22N4O4. The second-order valence-corrected chi connectivity index (χ2v) is 7.37. The first-order valence-electron chi connectivity index (χ1n) is 9.08. The van der Waals surface area contributed by atoms with Gasteiger partial charge in [-0.05, 0) is 25.0 Å². The number of hydrogen-bond donors (Lipinski definition) is 2. The molecule has 0 unspecified atom stereocenters. The van der Waals surface area contributed by atoms with Crippen molar-refractivity contribution in [1.82, 2.24) is 20.1 Å². The third kappa shape index (κ3) is 3.15. The topological polar surface area (TPSA) is 108 Å². The molecule has 2 aromatic rings. The van der Waals surface area contributed by atoms with Crippen LogP contribution >= 0.6 is 0 Å². The average molecular weight is 370 g/mol. The molecule has 8 nitrogen and oxygen atoms in total. The molecule has 8 heteroatoms. The second-order valence-electron chi connectivity index (χ2n) is 7.37. The lowest BCUT2D eigenvalue weighted by molar-refractivity contribution is -0.151. The van der Waals surface area contributed by atoms with Gasteiger partial charge in [0.1, 0.15) is 11.6 Å². The first-order valence-corrected chi connectivity index (χ1v) is 9.08. The SMILES string of the molecule is Cc1nc(CCC(=O)N2C[C@@H]3COc4ccccc4C[C@]3(C(=O)O)C2)n[nH]1. The Labute approximate surface area is 156 Å². The van der Waals surface area contributed by atoms with Crippen LogP contribution < -0.4 is 4.74 Å². The van der Waals surface area contributed by atoms with Crippen LogP contribution in [-0.2, 0) is 22.4 Å². The Hall–Kier alpha value is -2.90. The van der Waals surface area contributed by atoms with Crippen molar-refractivity contribution in [2.75, 3.05) is 19.7 Å². The number of aromatic amines is 1. The third-order valence-corrected chi connectivity index (χ3v) is 5.60. The smallest absolute Gasteiger partial charge is 0.312 e. The van der Waals surface area contributed by atoms with E-state index in [1.807, 2.05) is 24.3 Å². The Morgan fingerprint density at radius 1 is 1.41 bits per heavy atom. The lowest BCUT2D eigenvalue weighted by Crippen LogP contribution is -2.42. The van der Waals surface area contributed by atoms with Crippen molar-refractivity contribution in [2.45, 2.75) is 26.2 Å². The minimum Gasteiger partial charge on any atom is -0.493 e. The molecule has 0 saturated carbocycles. The van der Waals surface area contributed by atoms with Gasteiger partial charge in [0.2, 0.25) is 5.91 Å². The zero-order valence-corrected chi connectivity index (χ0v) is 15.1. The fourth-order valence-corrected chi connectivity index (χ4v) is 4.09. The molecule has 27 heavy (non-hydrogen) atoms. The molecule has 4 rings (SSSR count). The molecule has 142 valence electrons. The maximum atomic E-state index is 12.7. The van der Waals surface area contributed by atoms with Crippen molar-refractivity contribution in [2.24, 2.45) is 11.3 Å². The highest BCUT2D eigenvalue weighted by molar-refractivity contribution is 5.81. The van der Waals surface area contributed by atoms with E-state index in [1.165, 1.54) is 0 Å². The maximum Gasteiger partial charge on any atom is 0.312 e. The fourth-order valence-electron chi connectivity index (χ4n) is 4.09. The monoisotopic (exact) mass is 370 g/mol. The van der Waals surface area contributed by atoms with Crippen LogP contribution in [0.5, 0.6) is 5.75 Å². The van der Waals surface area contributed by atoms with E-state index in [2.05, 4.69) is 15.2 Å². The first-order chi connectivity index (χ1) is 13.0. The Kier molecular flexibility index (Phi) is 4.33. The summed E-state index contributed by atoms with van der Waals surface area (Å²) in [5.41, 5.74) is -0.128. The normalized spacial score (nSPS) is 23.9. The number of hydrogen-bond acceptors (Lipinski definition) is 5. The van der Waals surface area contributed by atoms with Gasteiger partial charge in [0.05, 0.1) is 12.0 Å². The molecule has 3 heterocycles. The minimum absolute atomic E-state index is 0.0700. The summed E-state index contributed by atoms with van der Waals surface area (Å²) in [6, 6.07) is 7.54. The van der Waals surface area contributed by atoms with E-state index >= 15 is 0 Å². The molecule has 0 bridgehead atoms. The molecule has 2 aliphatic rings. The Morgan fingerprint density at radius 3 is 2.96 bits per heavy atom. The van der Waals surface area contributed by atoms with Crippen molar-refractivity contribution in [3.05, 3.63) is 41.5 Å². The number of nitrogens with zero attached hydrogens (tertiary/aromatic N) is 3. The van der Waals surface area contributed by atoms with Crippen LogP contribution in [0.4, 0.5) is 0 Å². The van der Waals surface area contributed by atoms with Crippen molar-refractivity contribution >= 4 is 11.9 Å². The summed E-state index contributed by atoms with van der Waals surface area (Å²) in [7, 11) is 0. The number of amides is 1. The quantitative estimate of drug-likeness (QED) is 0.837. The van der Waals surface area contributed by atoms with Gasteiger partial charge >= 0.3 is 5.97 Å². The van der Waals surface area contributed by atoms with E-state index in [9.17, 15) is 14.7 Å². The number of ether oxygens (including phenoxy) is 1. The number of aliphatic carboxylic acids is 1. The fraction of sp³-hybridized carbons (Fsp3) is 0.474. The molecule has 2 aliphatic heterocycles. The van der Waals surface area contributed by atoms with Gasteiger partial charge in [-0.15, -0.1) is 0 Å². The summed E-state index contributed by atoms with van der Waals surface area (Å²) in [5.74, 6) is 0.871. The standard InChI is InChI=1S/C19H22N4O4/c1-12-20-16(22-21-12)6-7-17(24)23-9-14-10-27-15-5-3-2-4-13(15)8-19(14,11-23)18(25)26/h2-5,14H,6-11H2,1H3,(H,25,26)(H,20,21,22)/t14-,19+/m1/s1. The van der Waals surface area contributed by atoms with Gasteiger partial charge < -0.3 is 14.7 Å². The molecule has 1 fully saturated rings. The number of carboxylic acids is 1. The molecule has 2 atom stereocenters. The van der Waals surface area contributed by atoms with Crippen LogP contribution in [0.25, 0.3) is 0 Å². The van der Waals surface area contributed by atoms with Crippen molar-refractivity contribution in [1.29, 1.82) is 0 Å². The minimum atomic E-state index is -1.01. The van der Waals surface area contributed by atoms with Gasteiger partial charge in [-0.25, -0.2) is 4.98 Å². The van der Waals surface area contributed by atoms with Crippen LogP contribution in [0.2, 0.25) is 0 Å². The summed E-state index contributed by atoms with van der Waals surface area (Å²) < 4.78 is 5.87. The second kappa shape index (κ2) is 6.68. The molecule has 0 aliphatic carbocycles. The maximum absolute atomic E-state index is 12.7. The number of rotatable bonds is 4. The number of carbonyl (C=O) groups excluding carboxylic acids is 1. The molecular weight excluding hydrogens is 348 g/mol. The molecule has 1 aromatic carbocycles. The van der Waals surface area contributed by atoms with Crippen LogP contribution in [0, 0.1) is 18.3 Å². The molecule has 0 radical (unpaired) electrons. The summed E-state index contributed by atoms with van der Waals surface area (Å²) in [6.07, 6.45) is 1.06. The highest BCUT2D eigenvalue weighted by Gasteiger charge is 2.55. The highest BCUT2D eigenvalue weighted by atomic mass is 16.5. The number of nitrogens with one attached hydrogen (secondary N) is 1. The van der Waals surface area contributed by atoms with E-state index in [0.29, 0.717) is 37.6 Å². The van der Waals surface area contributed by atoms with Gasteiger partial charge in [0.25, 0.3) is 0 Å². The molecule has 0 spiro atoms. The van der Waals surface area contributed by atoms with Crippen LogP contribution in [-0.4, -0.2) is 56.8 Å². The number of benzene rings is 1. The average Bonchev–Trinajstić information content (AvgIpc) is 3.19. The largest absolute Gasteiger partial charge is 0.493 e. The van der Waals surface area contributed by atoms with Gasteiger partial charge in [-0.1, -0.05) is 18.2 Å². The van der Waals surface area contributed by atoms with Crippen LogP contribution in [0.15, 0.2) is 24.3 Å². The van der Waals surface area contributed by atoms with Gasteiger partial charge in [0, 0.05) is 31.8 Å². The Balaban J connectivity index is 1.51. The third-order valence-electron chi connectivity index (χ3n) is 5.60. The molecule has 2 N–H and O–H groups in total. The number of H-pyrrole nitrogens is 1. The zero-order chi connectivity index (χ0) is 19.0. The lowest BCUT2D eigenvalue weighted by Gasteiger charge is -2.27. The number of aryl methyl sites for hydroxylation is 2. The number of para-hydroxylation sites is 1.